The van der Waals surface area contributed by atoms with Crippen molar-refractivity contribution in [1.82, 2.24) is 10.6 Å². The van der Waals surface area contributed by atoms with Gasteiger partial charge in [0.1, 0.15) is 5.75 Å². The lowest BCUT2D eigenvalue weighted by molar-refractivity contribution is -0.128. The summed E-state index contributed by atoms with van der Waals surface area (Å²) in [5.41, 5.74) is 1.02. The van der Waals surface area contributed by atoms with Gasteiger partial charge in [-0.1, -0.05) is 26.0 Å². The fourth-order valence-corrected chi connectivity index (χ4v) is 2.56. The lowest BCUT2D eigenvalue weighted by Crippen LogP contribution is -2.42. The fraction of sp³-hybridized carbons (Fsp3) is 0.562. The van der Waals surface area contributed by atoms with Gasteiger partial charge in [-0.05, 0) is 48.8 Å². The van der Waals surface area contributed by atoms with Crippen LogP contribution in [0.5, 0.6) is 5.75 Å². The molecule has 1 amide bonds. The van der Waals surface area contributed by atoms with Gasteiger partial charge < -0.3 is 15.4 Å². The van der Waals surface area contributed by atoms with Crippen molar-refractivity contribution in [3.63, 3.8) is 0 Å². The van der Waals surface area contributed by atoms with Gasteiger partial charge in [-0.3, -0.25) is 4.79 Å². The van der Waals surface area contributed by atoms with Crippen LogP contribution in [0.4, 0.5) is 0 Å². The number of halogens is 1. The van der Waals surface area contributed by atoms with E-state index in [0.717, 1.165) is 28.6 Å². The van der Waals surface area contributed by atoms with Crippen molar-refractivity contribution < 1.29 is 9.53 Å². The molecule has 21 heavy (non-hydrogen) atoms. The van der Waals surface area contributed by atoms with Crippen molar-refractivity contribution in [2.24, 2.45) is 0 Å². The topological polar surface area (TPSA) is 50.4 Å². The summed E-state index contributed by atoms with van der Waals surface area (Å²) < 4.78 is 6.74. The molecule has 5 heteroatoms. The summed E-state index contributed by atoms with van der Waals surface area (Å²) >= 11 is 3.49. The Hall–Kier alpha value is -1.07. The van der Waals surface area contributed by atoms with Crippen molar-refractivity contribution in [3.8, 4) is 5.75 Å². The van der Waals surface area contributed by atoms with Crippen molar-refractivity contribution in [3.05, 3.63) is 28.2 Å². The van der Waals surface area contributed by atoms with E-state index < -0.39 is 6.10 Å². The molecular weight excluding hydrogens is 332 g/mol. The molecule has 0 radical (unpaired) electrons. The summed E-state index contributed by atoms with van der Waals surface area (Å²) in [4.78, 5) is 12.2. The van der Waals surface area contributed by atoms with Crippen LogP contribution in [0.2, 0.25) is 0 Å². The molecule has 0 saturated carbocycles. The Bertz CT molecular complexity index is 462. The highest BCUT2D eigenvalue weighted by molar-refractivity contribution is 9.10. The van der Waals surface area contributed by atoms with Crippen LogP contribution >= 0.6 is 15.9 Å². The zero-order valence-electron chi connectivity index (χ0n) is 13.2. The normalized spacial score (nSPS) is 12.3. The summed E-state index contributed by atoms with van der Waals surface area (Å²) in [7, 11) is 1.88. The largest absolute Gasteiger partial charge is 0.479 e. The smallest absolute Gasteiger partial charge is 0.260 e. The SMILES string of the molecule is CCC(CC)NC(=O)C(C)Oc1c(Br)cccc1CNC. The van der Waals surface area contributed by atoms with Crippen LogP contribution in [0, 0.1) is 0 Å². The van der Waals surface area contributed by atoms with E-state index in [1.165, 1.54) is 0 Å². The first kappa shape index (κ1) is 18.0. The molecule has 0 aliphatic heterocycles. The van der Waals surface area contributed by atoms with E-state index in [4.69, 9.17) is 4.74 Å². The fourth-order valence-electron chi connectivity index (χ4n) is 2.06. The van der Waals surface area contributed by atoms with E-state index >= 15 is 0 Å². The summed E-state index contributed by atoms with van der Waals surface area (Å²) in [6, 6.07) is 6.07. The van der Waals surface area contributed by atoms with Gasteiger partial charge in [0.15, 0.2) is 6.10 Å². The molecule has 1 atom stereocenters. The van der Waals surface area contributed by atoms with Crippen molar-refractivity contribution in [2.45, 2.75) is 52.3 Å². The summed E-state index contributed by atoms with van der Waals surface area (Å²) in [6.07, 6.45) is 1.32. The molecule has 118 valence electrons. The Morgan fingerprint density at radius 3 is 2.57 bits per heavy atom. The van der Waals surface area contributed by atoms with Crippen LogP contribution in [0.25, 0.3) is 0 Å². The number of para-hydroxylation sites is 1. The maximum absolute atomic E-state index is 12.2. The maximum Gasteiger partial charge on any atom is 0.260 e. The van der Waals surface area contributed by atoms with E-state index in [1.54, 1.807) is 6.92 Å². The number of amides is 1. The third-order valence-corrected chi connectivity index (χ3v) is 4.04. The van der Waals surface area contributed by atoms with E-state index in [1.807, 2.05) is 25.2 Å². The molecule has 2 N–H and O–H groups in total. The molecule has 0 aromatic heterocycles. The minimum absolute atomic E-state index is 0.0742. The van der Waals surface area contributed by atoms with Gasteiger partial charge in [0, 0.05) is 18.2 Å². The van der Waals surface area contributed by atoms with Gasteiger partial charge in [-0.25, -0.2) is 0 Å². The number of ether oxygens (including phenoxy) is 1. The Morgan fingerprint density at radius 1 is 1.33 bits per heavy atom. The summed E-state index contributed by atoms with van der Waals surface area (Å²) in [6.45, 7) is 6.60. The van der Waals surface area contributed by atoms with Crippen LogP contribution in [-0.4, -0.2) is 25.1 Å². The first-order valence-electron chi connectivity index (χ1n) is 7.42. The van der Waals surface area contributed by atoms with Crippen molar-refractivity contribution >= 4 is 21.8 Å². The monoisotopic (exact) mass is 356 g/mol. The number of carbonyl (C=O) groups excluding carboxylic acids is 1. The van der Waals surface area contributed by atoms with Gasteiger partial charge in [0.05, 0.1) is 4.47 Å². The Labute approximate surface area is 135 Å². The quantitative estimate of drug-likeness (QED) is 0.751. The Balaban J connectivity index is 2.78. The van der Waals surface area contributed by atoms with Crippen molar-refractivity contribution in [2.75, 3.05) is 7.05 Å². The second-order valence-electron chi connectivity index (χ2n) is 5.04. The molecular formula is C16H25BrN2O2. The number of hydrogen-bond acceptors (Lipinski definition) is 3. The van der Waals surface area contributed by atoms with Gasteiger partial charge in [0.2, 0.25) is 0 Å². The molecule has 0 bridgehead atoms. The van der Waals surface area contributed by atoms with Crippen LogP contribution in [0.15, 0.2) is 22.7 Å². The minimum atomic E-state index is -0.528. The van der Waals surface area contributed by atoms with Gasteiger partial charge in [-0.2, -0.15) is 0 Å². The second-order valence-corrected chi connectivity index (χ2v) is 5.89. The predicted molar refractivity (Wildman–Crippen MR) is 89.5 cm³/mol. The van der Waals surface area contributed by atoms with E-state index in [0.29, 0.717) is 6.54 Å². The van der Waals surface area contributed by atoms with Gasteiger partial charge in [0.25, 0.3) is 5.91 Å². The first-order valence-corrected chi connectivity index (χ1v) is 8.21. The van der Waals surface area contributed by atoms with Gasteiger partial charge >= 0.3 is 0 Å². The lowest BCUT2D eigenvalue weighted by atomic mass is 10.1. The molecule has 0 fully saturated rings. The third kappa shape index (κ3) is 5.32. The van der Waals surface area contributed by atoms with Crippen LogP contribution in [0.3, 0.4) is 0 Å². The summed E-state index contributed by atoms with van der Waals surface area (Å²) in [5, 5.41) is 6.12. The van der Waals surface area contributed by atoms with Crippen molar-refractivity contribution in [1.29, 1.82) is 0 Å². The molecule has 4 nitrogen and oxygen atoms in total. The standard InChI is InChI=1S/C16H25BrN2O2/c1-5-13(6-2)19-16(20)11(3)21-15-12(10-18-4)8-7-9-14(15)17/h7-9,11,13,18H,5-6,10H2,1-4H3,(H,19,20). The van der Waals surface area contributed by atoms with Gasteiger partial charge in [-0.15, -0.1) is 0 Å². The molecule has 0 spiro atoms. The van der Waals surface area contributed by atoms with Crippen LogP contribution < -0.4 is 15.4 Å². The highest BCUT2D eigenvalue weighted by Gasteiger charge is 2.19. The highest BCUT2D eigenvalue weighted by Crippen LogP contribution is 2.30. The molecule has 1 unspecified atom stereocenters. The number of hydrogen-bond donors (Lipinski definition) is 2. The predicted octanol–water partition coefficient (Wildman–Crippen LogP) is 3.24. The molecule has 0 aliphatic rings. The maximum atomic E-state index is 12.2. The zero-order chi connectivity index (χ0) is 15.8. The van der Waals surface area contributed by atoms with Crippen LogP contribution in [-0.2, 0) is 11.3 Å². The average Bonchev–Trinajstić information content (AvgIpc) is 2.48. The zero-order valence-corrected chi connectivity index (χ0v) is 14.8. The Kier molecular flexibility index (Phi) is 7.75. The minimum Gasteiger partial charge on any atom is -0.479 e. The third-order valence-electron chi connectivity index (χ3n) is 3.41. The molecule has 1 aromatic carbocycles. The molecule has 1 rings (SSSR count). The average molecular weight is 357 g/mol. The molecule has 0 heterocycles. The van der Waals surface area contributed by atoms with E-state index in [2.05, 4.69) is 40.4 Å². The molecule has 1 aromatic rings. The molecule has 0 aliphatic carbocycles. The number of rotatable bonds is 8. The Morgan fingerprint density at radius 2 is 2.00 bits per heavy atom. The molecule has 0 saturated heterocycles. The van der Waals surface area contributed by atoms with E-state index in [9.17, 15) is 4.79 Å². The number of carbonyl (C=O) groups is 1. The lowest BCUT2D eigenvalue weighted by Gasteiger charge is -2.21. The summed E-state index contributed by atoms with van der Waals surface area (Å²) in [5.74, 6) is 0.647. The first-order chi connectivity index (χ1) is 10.0. The second kappa shape index (κ2) is 9.05. The van der Waals surface area contributed by atoms with Crippen LogP contribution in [0.1, 0.15) is 39.2 Å². The number of benzene rings is 1. The highest BCUT2D eigenvalue weighted by atomic mass is 79.9. The number of nitrogens with one attached hydrogen (secondary N) is 2. The van der Waals surface area contributed by atoms with E-state index in [-0.39, 0.29) is 11.9 Å².